The van der Waals surface area contributed by atoms with E-state index in [9.17, 15) is 10.2 Å². The third kappa shape index (κ3) is 3.18. The Morgan fingerprint density at radius 3 is 1.52 bits per heavy atom. The van der Waals surface area contributed by atoms with Crippen LogP contribution in [-0.2, 0) is 23.7 Å². The molecule has 10 rings (SSSR count). The van der Waals surface area contributed by atoms with E-state index in [1.807, 2.05) is 24.3 Å². The van der Waals surface area contributed by atoms with Crippen LogP contribution in [0.15, 0.2) is 48.6 Å². The van der Waals surface area contributed by atoms with E-state index in [0.717, 1.165) is 61.8 Å². The lowest BCUT2D eigenvalue weighted by Crippen LogP contribution is -2.64. The van der Waals surface area contributed by atoms with E-state index in [2.05, 4.69) is 48.2 Å². The number of methoxy groups -OCH3 is 2. The molecule has 0 saturated carbocycles. The molecule has 0 aromatic heterocycles. The topological polar surface area (TPSA) is 83.9 Å². The maximum atomic E-state index is 10.6. The highest BCUT2D eigenvalue weighted by Gasteiger charge is 2.65. The van der Waals surface area contributed by atoms with E-state index in [4.69, 9.17) is 18.9 Å². The molecule has 4 aliphatic carbocycles. The van der Waals surface area contributed by atoms with Gasteiger partial charge in [-0.05, 0) is 76.1 Å². The first-order valence-electron chi connectivity index (χ1n) is 16.2. The Morgan fingerprint density at radius 2 is 1.11 bits per heavy atom. The van der Waals surface area contributed by atoms with Crippen molar-refractivity contribution in [2.24, 2.45) is 11.8 Å². The Hall–Kier alpha value is -3.04. The Morgan fingerprint density at radius 1 is 0.682 bits per heavy atom. The average Bonchev–Trinajstić information content (AvgIpc) is 3.57. The number of rotatable bonds is 2. The Balaban J connectivity index is 0.000000123. The van der Waals surface area contributed by atoms with Crippen LogP contribution in [0.2, 0.25) is 0 Å². The van der Waals surface area contributed by atoms with Gasteiger partial charge >= 0.3 is 0 Å². The van der Waals surface area contributed by atoms with E-state index in [1.165, 1.54) is 22.3 Å². The molecule has 2 spiro atoms. The zero-order valence-corrected chi connectivity index (χ0v) is 25.9. The van der Waals surface area contributed by atoms with Crippen LogP contribution in [0.5, 0.6) is 23.0 Å². The van der Waals surface area contributed by atoms with Gasteiger partial charge in [0.25, 0.3) is 0 Å². The van der Waals surface area contributed by atoms with Crippen LogP contribution >= 0.6 is 0 Å². The maximum Gasteiger partial charge on any atom is 0.165 e. The van der Waals surface area contributed by atoms with E-state index >= 15 is 0 Å². The van der Waals surface area contributed by atoms with Gasteiger partial charge in [-0.25, -0.2) is 0 Å². The summed E-state index contributed by atoms with van der Waals surface area (Å²) in [5.41, 5.74) is 5.21. The summed E-state index contributed by atoms with van der Waals surface area (Å²) < 4.78 is 23.7. The number of hydrogen-bond acceptors (Lipinski definition) is 8. The highest BCUT2D eigenvalue weighted by atomic mass is 16.5. The van der Waals surface area contributed by atoms with E-state index < -0.39 is 12.2 Å². The molecule has 10 atom stereocenters. The largest absolute Gasteiger partial charge is 0.493 e. The third-order valence-corrected chi connectivity index (χ3v) is 12.7. The van der Waals surface area contributed by atoms with Crippen molar-refractivity contribution >= 4 is 0 Å². The quantitative estimate of drug-likeness (QED) is 0.511. The molecular weight excluding hydrogens is 556 g/mol. The molecule has 4 heterocycles. The highest BCUT2D eigenvalue weighted by molar-refractivity contribution is 5.63. The van der Waals surface area contributed by atoms with Crippen LogP contribution in [0.3, 0.4) is 0 Å². The minimum atomic E-state index is -0.539. The second-order valence-corrected chi connectivity index (χ2v) is 14.2. The third-order valence-electron chi connectivity index (χ3n) is 12.7. The Bertz CT molecular complexity index is 1490. The van der Waals surface area contributed by atoms with Gasteiger partial charge in [0.2, 0.25) is 0 Å². The standard InChI is InChI=1S/2C18H21NO3/c2*1-19-8-7-18-11-4-5-13(20)17(18)22-16-14(21-2)6-3-10(15(16)18)9-12(11)19/h2*3-6,11-13,17,20H,7-9H2,1-2H3/t2*11-,12+,13-,17-,18-/m00/s1. The number of ether oxygens (including phenoxy) is 4. The zero-order chi connectivity index (χ0) is 30.1. The molecule has 2 saturated heterocycles. The number of hydrogen-bond donors (Lipinski definition) is 2. The minimum Gasteiger partial charge on any atom is -0.493 e. The normalized spacial score (nSPS) is 41.0. The van der Waals surface area contributed by atoms with Crippen molar-refractivity contribution in [2.75, 3.05) is 41.4 Å². The molecule has 0 amide bonds. The minimum absolute atomic E-state index is 0.0806. The van der Waals surface area contributed by atoms with E-state index in [1.54, 1.807) is 14.2 Å². The van der Waals surface area contributed by atoms with Gasteiger partial charge in [0.15, 0.2) is 23.0 Å². The van der Waals surface area contributed by atoms with Gasteiger partial charge in [-0.3, -0.25) is 0 Å². The van der Waals surface area contributed by atoms with Crippen LogP contribution < -0.4 is 18.9 Å². The zero-order valence-electron chi connectivity index (χ0n) is 25.9. The first-order chi connectivity index (χ1) is 21.3. The predicted molar refractivity (Wildman–Crippen MR) is 165 cm³/mol. The molecule has 8 heteroatoms. The summed E-state index contributed by atoms with van der Waals surface area (Å²) in [6.45, 7) is 2.11. The molecule has 4 aliphatic heterocycles. The van der Waals surface area contributed by atoms with Gasteiger partial charge in [-0.2, -0.15) is 0 Å². The number of likely N-dealkylation sites (tertiary alicyclic amines) is 2. The number of piperidine rings is 2. The number of nitrogens with zero attached hydrogens (tertiary/aromatic N) is 2. The van der Waals surface area contributed by atoms with Crippen LogP contribution in [0.25, 0.3) is 0 Å². The van der Waals surface area contributed by atoms with Gasteiger partial charge in [0.1, 0.15) is 24.4 Å². The van der Waals surface area contributed by atoms with Gasteiger partial charge in [0, 0.05) is 45.9 Å². The lowest BCUT2D eigenvalue weighted by atomic mass is 9.53. The van der Waals surface area contributed by atoms with Crippen molar-refractivity contribution in [3.63, 3.8) is 0 Å². The lowest BCUT2D eigenvalue weighted by Gasteiger charge is -2.56. The number of aliphatic hydroxyl groups excluding tert-OH is 2. The van der Waals surface area contributed by atoms with Crippen molar-refractivity contribution in [1.82, 2.24) is 9.80 Å². The van der Waals surface area contributed by atoms with Crippen LogP contribution in [0.1, 0.15) is 35.1 Å². The van der Waals surface area contributed by atoms with Crippen molar-refractivity contribution in [1.29, 1.82) is 0 Å². The molecule has 2 fully saturated rings. The second kappa shape index (κ2) is 9.25. The summed E-state index contributed by atoms with van der Waals surface area (Å²) in [4.78, 5) is 4.94. The summed E-state index contributed by atoms with van der Waals surface area (Å²) in [5.74, 6) is 4.18. The SMILES string of the molecule is COc1ccc2c3c1O[C@H]1[C@@H](O)C=C[C@H]4[C@@H](C2)N(C)CC[C@@]341.COc1ccc2c3c1O[C@H]1[C@@H](O)C=C[C@H]4[C@@H](C2)N(C)CC[C@@]341. The molecule has 0 radical (unpaired) electrons. The fraction of sp³-hybridized carbons (Fsp3) is 0.556. The first kappa shape index (κ1) is 27.3. The van der Waals surface area contributed by atoms with Crippen molar-refractivity contribution in [2.45, 2.75) is 73.0 Å². The van der Waals surface area contributed by atoms with Gasteiger partial charge in [-0.15, -0.1) is 0 Å². The summed E-state index contributed by atoms with van der Waals surface area (Å²) in [5, 5.41) is 21.1. The molecular formula is C36H42N2O6. The molecule has 232 valence electrons. The lowest BCUT2D eigenvalue weighted by molar-refractivity contribution is -0.0453. The van der Waals surface area contributed by atoms with Gasteiger partial charge in [0.05, 0.1) is 14.2 Å². The summed E-state index contributed by atoms with van der Waals surface area (Å²) in [6, 6.07) is 9.40. The fourth-order valence-electron chi connectivity index (χ4n) is 10.8. The number of likely N-dealkylation sites (N-methyl/N-ethyl adjacent to an activating group) is 2. The molecule has 2 N–H and O–H groups in total. The molecule has 8 nitrogen and oxygen atoms in total. The van der Waals surface area contributed by atoms with Crippen LogP contribution in [-0.4, -0.2) is 97.9 Å². The number of benzene rings is 2. The molecule has 2 aromatic rings. The molecule has 2 aromatic carbocycles. The van der Waals surface area contributed by atoms with Crippen molar-refractivity contribution in [3.05, 3.63) is 70.8 Å². The van der Waals surface area contributed by atoms with Crippen molar-refractivity contribution in [3.8, 4) is 23.0 Å². The maximum absolute atomic E-state index is 10.6. The van der Waals surface area contributed by atoms with Gasteiger partial charge < -0.3 is 39.0 Å². The summed E-state index contributed by atoms with van der Waals surface area (Å²) in [6.07, 6.45) is 11.1. The fourth-order valence-corrected chi connectivity index (χ4v) is 10.8. The van der Waals surface area contributed by atoms with Crippen molar-refractivity contribution < 1.29 is 29.2 Å². The van der Waals surface area contributed by atoms with Gasteiger partial charge in [-0.1, -0.05) is 36.4 Å². The Labute approximate surface area is 258 Å². The second-order valence-electron chi connectivity index (χ2n) is 14.2. The first-order valence-corrected chi connectivity index (χ1v) is 16.2. The van der Waals surface area contributed by atoms with E-state index in [-0.39, 0.29) is 23.0 Å². The van der Waals surface area contributed by atoms with E-state index in [0.29, 0.717) is 23.9 Å². The molecule has 8 aliphatic rings. The molecule has 44 heavy (non-hydrogen) atoms. The highest BCUT2D eigenvalue weighted by Crippen LogP contribution is 2.64. The summed E-state index contributed by atoms with van der Waals surface area (Å²) in [7, 11) is 7.81. The average molecular weight is 599 g/mol. The summed E-state index contributed by atoms with van der Waals surface area (Å²) >= 11 is 0. The monoisotopic (exact) mass is 598 g/mol. The van der Waals surface area contributed by atoms with Crippen LogP contribution in [0, 0.1) is 11.8 Å². The molecule has 4 bridgehead atoms. The smallest absolute Gasteiger partial charge is 0.165 e. The molecule has 0 unspecified atom stereocenters. The van der Waals surface area contributed by atoms with Crippen LogP contribution in [0.4, 0.5) is 0 Å². The predicted octanol–water partition coefficient (Wildman–Crippen LogP) is 3.00. The number of aliphatic hydroxyl groups is 2. The Kier molecular flexibility index (Phi) is 5.74.